The Kier molecular flexibility index (Phi) is 6.84. The smallest absolute Gasteiger partial charge is 0.349 e. The first-order chi connectivity index (χ1) is 16.3. The van der Waals surface area contributed by atoms with Crippen molar-refractivity contribution in [2.45, 2.75) is 44.0 Å². The minimum absolute atomic E-state index is 0.0190. The van der Waals surface area contributed by atoms with E-state index >= 15 is 0 Å². The summed E-state index contributed by atoms with van der Waals surface area (Å²) in [6.07, 6.45) is 2.17. The second-order valence-corrected chi connectivity index (χ2v) is 9.53. The number of carbonyl (C=O) groups excluding carboxylic acids is 1. The molecular formula is C21H26N6O6S. The summed E-state index contributed by atoms with van der Waals surface area (Å²) in [4.78, 5) is 32.8. The van der Waals surface area contributed by atoms with Crippen LogP contribution in [0.4, 0.5) is 0 Å². The normalized spacial score (nSPS) is 12.1. The average molecular weight is 491 g/mol. The number of sulfonamides is 1. The van der Waals surface area contributed by atoms with Crippen LogP contribution in [0.25, 0.3) is 16.8 Å². The van der Waals surface area contributed by atoms with Crippen LogP contribution in [0.2, 0.25) is 0 Å². The van der Waals surface area contributed by atoms with Crippen molar-refractivity contribution in [1.29, 1.82) is 0 Å². The van der Waals surface area contributed by atoms with Crippen molar-refractivity contribution in [3.05, 3.63) is 40.3 Å². The van der Waals surface area contributed by atoms with Gasteiger partial charge in [0.2, 0.25) is 10.0 Å². The van der Waals surface area contributed by atoms with Crippen LogP contribution in [0.1, 0.15) is 31.7 Å². The highest BCUT2D eigenvalue weighted by Crippen LogP contribution is 2.20. The highest BCUT2D eigenvalue weighted by Gasteiger charge is 2.22. The Bertz CT molecular complexity index is 1450. The number of methoxy groups -OCH3 is 1. The second-order valence-electron chi connectivity index (χ2n) is 7.76. The van der Waals surface area contributed by atoms with Gasteiger partial charge in [-0.25, -0.2) is 17.9 Å². The number of aromatic nitrogens is 5. The highest BCUT2D eigenvalue weighted by atomic mass is 32.2. The molecule has 4 rings (SSSR count). The monoisotopic (exact) mass is 490 g/mol. The van der Waals surface area contributed by atoms with Crippen LogP contribution in [0.15, 0.2) is 34.0 Å². The van der Waals surface area contributed by atoms with Gasteiger partial charge in [-0.3, -0.25) is 14.5 Å². The van der Waals surface area contributed by atoms with E-state index in [2.05, 4.69) is 31.4 Å². The Labute approximate surface area is 195 Å². The summed E-state index contributed by atoms with van der Waals surface area (Å²) in [5.41, 5.74) is 1.79. The van der Waals surface area contributed by atoms with E-state index in [1.807, 2.05) is 0 Å². The van der Waals surface area contributed by atoms with Gasteiger partial charge >= 0.3 is 17.7 Å². The van der Waals surface area contributed by atoms with Gasteiger partial charge in [0.1, 0.15) is 0 Å². The van der Waals surface area contributed by atoms with Gasteiger partial charge in [0, 0.05) is 13.1 Å². The Morgan fingerprint density at radius 3 is 2.82 bits per heavy atom. The first-order valence-corrected chi connectivity index (χ1v) is 12.4. The van der Waals surface area contributed by atoms with Crippen molar-refractivity contribution in [1.82, 2.24) is 28.9 Å². The Morgan fingerprint density at radius 2 is 2.06 bits per heavy atom. The number of esters is 1. The van der Waals surface area contributed by atoms with Crippen LogP contribution in [0.3, 0.4) is 0 Å². The van der Waals surface area contributed by atoms with E-state index in [1.54, 1.807) is 12.1 Å². The zero-order chi connectivity index (χ0) is 24.3. The summed E-state index contributed by atoms with van der Waals surface area (Å²) >= 11 is 0. The zero-order valence-electron chi connectivity index (χ0n) is 18.9. The lowest BCUT2D eigenvalue weighted by Crippen LogP contribution is -2.28. The number of unbranched alkanes of at least 4 members (excludes halogenated alkanes) is 1. The molecule has 2 N–H and O–H groups in total. The number of hydrogen-bond donors (Lipinski definition) is 2. The van der Waals surface area contributed by atoms with Crippen LogP contribution in [-0.4, -0.2) is 58.8 Å². The molecule has 0 saturated heterocycles. The Morgan fingerprint density at radius 1 is 1.24 bits per heavy atom. The summed E-state index contributed by atoms with van der Waals surface area (Å²) in [5, 5.41) is 2.86. The zero-order valence-corrected chi connectivity index (χ0v) is 19.7. The predicted octanol–water partition coefficient (Wildman–Crippen LogP) is 1.07. The topological polar surface area (TPSA) is 150 Å². The summed E-state index contributed by atoms with van der Waals surface area (Å²) in [7, 11) is -2.51. The quantitative estimate of drug-likeness (QED) is 0.221. The third-order valence-electron chi connectivity index (χ3n) is 5.33. The molecule has 182 valence electrons. The lowest BCUT2D eigenvalue weighted by molar-refractivity contribution is -0.139. The molecule has 0 unspecified atom stereocenters. The number of carbonyl (C=O) groups is 1. The number of nitrogens with zero attached hydrogens (tertiary/aromatic N) is 4. The fourth-order valence-electron chi connectivity index (χ4n) is 3.52. The number of ether oxygens (including phenoxy) is 2. The first-order valence-electron chi connectivity index (χ1n) is 10.9. The van der Waals surface area contributed by atoms with Gasteiger partial charge in [-0.05, 0) is 30.5 Å². The van der Waals surface area contributed by atoms with Crippen LogP contribution < -0.4 is 15.1 Å². The number of H-pyrrole nitrogens is 1. The first kappa shape index (κ1) is 23.7. The molecule has 0 atom stereocenters. The maximum Gasteiger partial charge on any atom is 0.349 e. The summed E-state index contributed by atoms with van der Waals surface area (Å²) in [6, 6.07) is 6.31. The van der Waals surface area contributed by atoms with E-state index < -0.39 is 16.0 Å². The minimum atomic E-state index is -3.79. The molecule has 0 fully saturated rings. The molecule has 0 spiro atoms. The summed E-state index contributed by atoms with van der Waals surface area (Å²) < 4.78 is 40.9. The van der Waals surface area contributed by atoms with Crippen molar-refractivity contribution in [3.63, 3.8) is 0 Å². The number of nitrogens with one attached hydrogen (secondary N) is 2. The molecule has 0 aliphatic carbocycles. The van der Waals surface area contributed by atoms with Crippen LogP contribution >= 0.6 is 0 Å². The van der Waals surface area contributed by atoms with Crippen molar-refractivity contribution < 1.29 is 22.7 Å². The van der Waals surface area contributed by atoms with E-state index in [9.17, 15) is 18.0 Å². The SMILES string of the molecule is CCCCOc1nc2[nH]n3c(=O)n(CCCNS(=O)(=O)c4cccc(CC(=O)OC)c4)c(n1)c23. The predicted molar refractivity (Wildman–Crippen MR) is 123 cm³/mol. The Hall–Kier alpha value is -3.45. The molecule has 0 amide bonds. The van der Waals surface area contributed by atoms with Gasteiger partial charge in [0.25, 0.3) is 0 Å². The molecule has 12 nitrogen and oxygen atoms in total. The lowest BCUT2D eigenvalue weighted by atomic mass is 10.1. The third kappa shape index (κ3) is 4.75. The lowest BCUT2D eigenvalue weighted by Gasteiger charge is -2.09. The number of rotatable bonds is 12. The van der Waals surface area contributed by atoms with Crippen LogP contribution in [0.5, 0.6) is 6.01 Å². The van der Waals surface area contributed by atoms with Crippen LogP contribution in [-0.2, 0) is 32.5 Å². The average Bonchev–Trinajstić information content (AvgIpc) is 3.04. The van der Waals surface area contributed by atoms with E-state index in [0.717, 1.165) is 12.8 Å². The Balaban J connectivity index is 1.42. The standard InChI is InChI=1S/C21H26N6O6S/c1-3-4-11-33-20-23-18-17-19(24-20)26(21(29)27(17)25-18)10-6-9-22-34(30,31)15-8-5-7-14(12-15)13-16(28)32-2/h5,7-8,12,22H,3-4,6,9-11,13H2,1-2H3,(H,23,24,25). The number of aryl methyl sites for hydroxylation is 1. The van der Waals surface area contributed by atoms with Gasteiger partial charge in [0.05, 0.1) is 25.0 Å². The maximum absolute atomic E-state index is 12.7. The number of aromatic amines is 1. The molecule has 1 aromatic carbocycles. The minimum Gasteiger partial charge on any atom is -0.469 e. The summed E-state index contributed by atoms with van der Waals surface area (Å²) in [6.45, 7) is 2.89. The van der Waals surface area contributed by atoms with Crippen LogP contribution in [0, 0.1) is 0 Å². The van der Waals surface area contributed by atoms with E-state index in [0.29, 0.717) is 35.4 Å². The van der Waals surface area contributed by atoms with Gasteiger partial charge in [0.15, 0.2) is 16.8 Å². The third-order valence-corrected chi connectivity index (χ3v) is 6.79. The second kappa shape index (κ2) is 9.81. The van der Waals surface area contributed by atoms with E-state index in [4.69, 9.17) is 4.74 Å². The van der Waals surface area contributed by atoms with E-state index in [-0.39, 0.29) is 36.1 Å². The molecule has 4 aromatic rings. The van der Waals surface area contributed by atoms with Crippen molar-refractivity contribution in [2.75, 3.05) is 20.3 Å². The molecule has 0 bridgehead atoms. The van der Waals surface area contributed by atoms with Gasteiger partial charge < -0.3 is 9.47 Å². The number of benzene rings is 1. The largest absolute Gasteiger partial charge is 0.469 e. The fourth-order valence-corrected chi connectivity index (χ4v) is 4.67. The van der Waals surface area contributed by atoms with Gasteiger partial charge in [-0.15, -0.1) is 0 Å². The molecular weight excluding hydrogens is 464 g/mol. The van der Waals surface area contributed by atoms with Gasteiger partial charge in [-0.1, -0.05) is 25.5 Å². The highest BCUT2D eigenvalue weighted by molar-refractivity contribution is 7.89. The molecule has 34 heavy (non-hydrogen) atoms. The molecule has 0 aliphatic rings. The van der Waals surface area contributed by atoms with Crippen molar-refractivity contribution in [3.8, 4) is 6.01 Å². The molecule has 0 radical (unpaired) electrons. The molecule has 0 aliphatic heterocycles. The fraction of sp³-hybridized carbons (Fsp3) is 0.429. The van der Waals surface area contributed by atoms with Crippen molar-refractivity contribution in [2.24, 2.45) is 0 Å². The summed E-state index contributed by atoms with van der Waals surface area (Å²) in [5.74, 6) is -0.454. The van der Waals surface area contributed by atoms with Gasteiger partial charge in [-0.2, -0.15) is 14.5 Å². The van der Waals surface area contributed by atoms with E-state index in [1.165, 1.54) is 28.3 Å². The molecule has 3 aromatic heterocycles. The number of hydrogen-bond acceptors (Lipinski definition) is 8. The molecule has 3 heterocycles. The maximum atomic E-state index is 12.7. The van der Waals surface area contributed by atoms with Crippen molar-refractivity contribution >= 4 is 32.8 Å². The number of imidazole rings is 1. The molecule has 13 heteroatoms. The molecule has 0 saturated carbocycles.